The molecule has 1 fully saturated rings. The van der Waals surface area contributed by atoms with Gasteiger partial charge in [0.2, 0.25) is 0 Å². The van der Waals surface area contributed by atoms with Crippen LogP contribution in [0.5, 0.6) is 0 Å². The Kier molecular flexibility index (Phi) is 4.52. The van der Waals surface area contributed by atoms with Crippen molar-refractivity contribution in [2.75, 3.05) is 18.1 Å². The zero-order chi connectivity index (χ0) is 8.81. The van der Waals surface area contributed by atoms with E-state index in [1.807, 2.05) is 11.8 Å². The van der Waals surface area contributed by atoms with Gasteiger partial charge in [-0.1, -0.05) is 0 Å². The summed E-state index contributed by atoms with van der Waals surface area (Å²) in [6.07, 6.45) is 6.00. The van der Waals surface area contributed by atoms with E-state index >= 15 is 0 Å². The fraction of sp³-hybridized carbons (Fsp3) is 0.778. The molecular formula is C9H14O2S. The fourth-order valence-corrected chi connectivity index (χ4v) is 2.08. The molecule has 2 unspecified atom stereocenters. The normalized spacial score (nSPS) is 26.2. The first-order valence-electron chi connectivity index (χ1n) is 4.15. The molecule has 0 spiro atoms. The molecule has 2 atom stereocenters. The van der Waals surface area contributed by atoms with Crippen molar-refractivity contribution in [3.05, 3.63) is 0 Å². The molecule has 1 heterocycles. The highest BCUT2D eigenvalue weighted by Gasteiger charge is 2.21. The molecule has 1 saturated heterocycles. The molecule has 0 aromatic carbocycles. The summed E-state index contributed by atoms with van der Waals surface area (Å²) in [7, 11) is 0. The van der Waals surface area contributed by atoms with Crippen LogP contribution in [0.2, 0.25) is 0 Å². The van der Waals surface area contributed by atoms with Gasteiger partial charge in [0.1, 0.15) is 0 Å². The number of aliphatic hydroxyl groups is 1. The van der Waals surface area contributed by atoms with E-state index in [1.54, 1.807) is 0 Å². The quantitative estimate of drug-likeness (QED) is 0.664. The summed E-state index contributed by atoms with van der Waals surface area (Å²) in [5.74, 6) is 4.45. The fourth-order valence-electron chi connectivity index (χ4n) is 1.15. The van der Waals surface area contributed by atoms with Gasteiger partial charge in [0, 0.05) is 17.9 Å². The van der Waals surface area contributed by atoms with Crippen LogP contribution in [-0.2, 0) is 4.74 Å². The molecule has 1 N–H and O–H groups in total. The van der Waals surface area contributed by atoms with E-state index in [0.29, 0.717) is 12.8 Å². The third-order valence-corrected chi connectivity index (χ3v) is 2.87. The van der Waals surface area contributed by atoms with Gasteiger partial charge >= 0.3 is 0 Å². The first kappa shape index (κ1) is 9.91. The topological polar surface area (TPSA) is 29.5 Å². The number of aliphatic hydroxyl groups excluding tert-OH is 1. The molecule has 1 aliphatic rings. The van der Waals surface area contributed by atoms with Crippen molar-refractivity contribution in [2.45, 2.75) is 25.0 Å². The maximum atomic E-state index is 9.57. The predicted octanol–water partition coefficient (Wildman–Crippen LogP) is 0.893. The number of thioether (sulfide) groups is 1. The third-order valence-electron chi connectivity index (χ3n) is 1.86. The molecule has 1 rings (SSSR count). The molecule has 2 nitrogen and oxygen atoms in total. The average Bonchev–Trinajstić information content (AvgIpc) is 2.15. The highest BCUT2D eigenvalue weighted by atomic mass is 32.2. The van der Waals surface area contributed by atoms with Gasteiger partial charge < -0.3 is 9.84 Å². The molecule has 68 valence electrons. The van der Waals surface area contributed by atoms with E-state index in [0.717, 1.165) is 18.1 Å². The first-order chi connectivity index (χ1) is 5.84. The minimum Gasteiger partial charge on any atom is -0.390 e. The second-order valence-corrected chi connectivity index (χ2v) is 3.94. The van der Waals surface area contributed by atoms with Gasteiger partial charge in [-0.3, -0.25) is 0 Å². The molecular weight excluding hydrogens is 172 g/mol. The van der Waals surface area contributed by atoms with Gasteiger partial charge in [0.15, 0.2) is 0 Å². The first-order valence-corrected chi connectivity index (χ1v) is 5.31. The molecule has 0 saturated carbocycles. The molecule has 3 heteroatoms. The maximum Gasteiger partial charge on any atom is 0.0924 e. The summed E-state index contributed by atoms with van der Waals surface area (Å²) in [6.45, 7) is 0.752. The number of hydrogen-bond acceptors (Lipinski definition) is 3. The van der Waals surface area contributed by atoms with Crippen LogP contribution in [0, 0.1) is 12.3 Å². The largest absolute Gasteiger partial charge is 0.390 e. The van der Waals surface area contributed by atoms with E-state index in [4.69, 9.17) is 11.2 Å². The van der Waals surface area contributed by atoms with Crippen molar-refractivity contribution in [3.63, 3.8) is 0 Å². The van der Waals surface area contributed by atoms with Gasteiger partial charge in [0.25, 0.3) is 0 Å². The van der Waals surface area contributed by atoms with Crippen LogP contribution < -0.4 is 0 Å². The van der Waals surface area contributed by atoms with Gasteiger partial charge in [-0.2, -0.15) is 11.8 Å². The monoisotopic (exact) mass is 186 g/mol. The Morgan fingerprint density at radius 1 is 1.75 bits per heavy atom. The second-order valence-electron chi connectivity index (χ2n) is 2.79. The van der Waals surface area contributed by atoms with Crippen molar-refractivity contribution < 1.29 is 9.84 Å². The Balaban J connectivity index is 2.21. The van der Waals surface area contributed by atoms with Gasteiger partial charge in [-0.15, -0.1) is 12.3 Å². The summed E-state index contributed by atoms with van der Waals surface area (Å²) in [5.41, 5.74) is 0. The van der Waals surface area contributed by atoms with Crippen LogP contribution >= 0.6 is 11.8 Å². The summed E-state index contributed by atoms with van der Waals surface area (Å²) < 4.78 is 5.40. The van der Waals surface area contributed by atoms with Crippen LogP contribution in [0.15, 0.2) is 0 Å². The third kappa shape index (κ3) is 3.06. The van der Waals surface area contributed by atoms with Crippen molar-refractivity contribution in [1.29, 1.82) is 0 Å². The van der Waals surface area contributed by atoms with Gasteiger partial charge in [0.05, 0.1) is 18.8 Å². The molecule has 0 aliphatic carbocycles. The molecule has 0 radical (unpaired) electrons. The lowest BCUT2D eigenvalue weighted by atomic mass is 10.1. The lowest BCUT2D eigenvalue weighted by Crippen LogP contribution is -2.34. The van der Waals surface area contributed by atoms with E-state index in [-0.39, 0.29) is 12.2 Å². The number of terminal acetylenes is 1. The Morgan fingerprint density at radius 2 is 2.58 bits per heavy atom. The highest BCUT2D eigenvalue weighted by molar-refractivity contribution is 7.99. The predicted molar refractivity (Wildman–Crippen MR) is 51.1 cm³/mol. The number of ether oxygens (including phenoxy) is 1. The van der Waals surface area contributed by atoms with E-state index < -0.39 is 0 Å². The minimum atomic E-state index is -0.381. The lowest BCUT2D eigenvalue weighted by molar-refractivity contribution is -0.0239. The molecule has 0 aromatic rings. The highest BCUT2D eigenvalue weighted by Crippen LogP contribution is 2.17. The van der Waals surface area contributed by atoms with Crippen LogP contribution in [-0.4, -0.2) is 35.4 Å². The maximum absolute atomic E-state index is 9.57. The van der Waals surface area contributed by atoms with Crippen molar-refractivity contribution >= 4 is 11.8 Å². The van der Waals surface area contributed by atoms with Crippen LogP contribution in [0.4, 0.5) is 0 Å². The van der Waals surface area contributed by atoms with Crippen molar-refractivity contribution in [2.24, 2.45) is 0 Å². The Labute approximate surface area is 77.7 Å². The van der Waals surface area contributed by atoms with E-state index in [2.05, 4.69) is 5.92 Å². The van der Waals surface area contributed by atoms with Crippen molar-refractivity contribution in [1.82, 2.24) is 0 Å². The van der Waals surface area contributed by atoms with Crippen LogP contribution in [0.25, 0.3) is 0 Å². The standard InChI is InChI=1S/C9H14O2S/c1-2-3-4-8(10)9-7-12-6-5-11-9/h1,8-10H,3-7H2. The number of rotatable bonds is 3. The van der Waals surface area contributed by atoms with Crippen LogP contribution in [0.3, 0.4) is 0 Å². The molecule has 12 heavy (non-hydrogen) atoms. The number of hydrogen-bond donors (Lipinski definition) is 1. The molecule has 0 amide bonds. The molecule has 0 bridgehead atoms. The van der Waals surface area contributed by atoms with E-state index in [9.17, 15) is 5.11 Å². The summed E-state index contributed by atoms with van der Waals surface area (Å²) >= 11 is 1.83. The second kappa shape index (κ2) is 5.47. The SMILES string of the molecule is C#CCCC(O)C1CSCCO1. The average molecular weight is 186 g/mol. The zero-order valence-electron chi connectivity index (χ0n) is 7.03. The molecule has 1 aliphatic heterocycles. The summed E-state index contributed by atoms with van der Waals surface area (Å²) in [4.78, 5) is 0. The minimum absolute atomic E-state index is 0.00269. The molecule has 0 aromatic heterocycles. The lowest BCUT2D eigenvalue weighted by Gasteiger charge is -2.26. The Bertz CT molecular complexity index is 158. The van der Waals surface area contributed by atoms with Crippen LogP contribution in [0.1, 0.15) is 12.8 Å². The van der Waals surface area contributed by atoms with Crippen molar-refractivity contribution in [3.8, 4) is 12.3 Å². The van der Waals surface area contributed by atoms with Gasteiger partial charge in [-0.25, -0.2) is 0 Å². The van der Waals surface area contributed by atoms with Gasteiger partial charge in [-0.05, 0) is 6.42 Å². The zero-order valence-corrected chi connectivity index (χ0v) is 7.85. The van der Waals surface area contributed by atoms with E-state index in [1.165, 1.54) is 0 Å². The smallest absolute Gasteiger partial charge is 0.0924 e. The summed E-state index contributed by atoms with van der Waals surface area (Å²) in [6, 6.07) is 0. The Morgan fingerprint density at radius 3 is 3.17 bits per heavy atom. The Hall–Kier alpha value is -0.170. The summed E-state index contributed by atoms with van der Waals surface area (Å²) in [5, 5.41) is 9.57.